The summed E-state index contributed by atoms with van der Waals surface area (Å²) < 4.78 is 0. The van der Waals surface area contributed by atoms with E-state index in [4.69, 9.17) is 17.3 Å². The van der Waals surface area contributed by atoms with Crippen LogP contribution in [0.4, 0.5) is 17.1 Å². The molecule has 7 heteroatoms. The molecule has 2 aromatic rings. The highest BCUT2D eigenvalue weighted by Gasteiger charge is 2.12. The number of nitrogens with two attached hydrogens (primary N) is 1. The number of carbonyl (C=O) groups excluding carboxylic acids is 1. The number of aryl methyl sites for hydroxylation is 1. The predicted octanol–water partition coefficient (Wildman–Crippen LogP) is 3.39. The van der Waals surface area contributed by atoms with E-state index in [9.17, 15) is 14.9 Å². The molecule has 1 amide bonds. The quantitative estimate of drug-likeness (QED) is 0.516. The summed E-state index contributed by atoms with van der Waals surface area (Å²) in [7, 11) is 0. The average molecular weight is 306 g/mol. The van der Waals surface area contributed by atoms with E-state index in [0.29, 0.717) is 27.5 Å². The molecule has 0 aliphatic carbocycles. The number of nitrogens with zero attached hydrogens (tertiary/aromatic N) is 1. The van der Waals surface area contributed by atoms with E-state index in [1.54, 1.807) is 19.1 Å². The van der Waals surface area contributed by atoms with Crippen LogP contribution >= 0.6 is 11.6 Å². The number of anilines is 2. The summed E-state index contributed by atoms with van der Waals surface area (Å²) in [4.78, 5) is 22.3. The monoisotopic (exact) mass is 305 g/mol. The van der Waals surface area contributed by atoms with Crippen LogP contribution < -0.4 is 11.1 Å². The standard InChI is InChI=1S/C14H12ClN3O3/c1-8-6-10(18(20)21)3-5-13(8)17-14(19)9-2-4-12(16)11(15)7-9/h2-7H,16H2,1H3,(H,17,19). The van der Waals surface area contributed by atoms with Crippen molar-refractivity contribution in [1.29, 1.82) is 0 Å². The van der Waals surface area contributed by atoms with Crippen LogP contribution in [-0.4, -0.2) is 10.8 Å². The zero-order valence-electron chi connectivity index (χ0n) is 11.1. The van der Waals surface area contributed by atoms with Gasteiger partial charge in [0, 0.05) is 23.4 Å². The molecule has 0 radical (unpaired) electrons. The Balaban J connectivity index is 2.23. The molecule has 0 saturated carbocycles. The lowest BCUT2D eigenvalue weighted by atomic mass is 10.1. The number of carbonyl (C=O) groups is 1. The van der Waals surface area contributed by atoms with Gasteiger partial charge in [0.1, 0.15) is 0 Å². The highest BCUT2D eigenvalue weighted by atomic mass is 35.5. The summed E-state index contributed by atoms with van der Waals surface area (Å²) >= 11 is 5.87. The van der Waals surface area contributed by atoms with E-state index in [0.717, 1.165) is 0 Å². The first-order valence-electron chi connectivity index (χ1n) is 6.00. The number of benzene rings is 2. The van der Waals surface area contributed by atoms with Gasteiger partial charge in [0.05, 0.1) is 15.6 Å². The molecule has 0 aliphatic heterocycles. The number of nitro groups is 1. The molecule has 3 N–H and O–H groups in total. The molecule has 0 atom stereocenters. The number of amides is 1. The van der Waals surface area contributed by atoms with Gasteiger partial charge in [-0.2, -0.15) is 0 Å². The molecular formula is C14H12ClN3O3. The van der Waals surface area contributed by atoms with Gasteiger partial charge in [-0.15, -0.1) is 0 Å². The van der Waals surface area contributed by atoms with E-state index >= 15 is 0 Å². The largest absolute Gasteiger partial charge is 0.398 e. The van der Waals surface area contributed by atoms with Crippen molar-refractivity contribution >= 4 is 34.6 Å². The van der Waals surface area contributed by atoms with Crippen molar-refractivity contribution in [3.63, 3.8) is 0 Å². The fourth-order valence-corrected chi connectivity index (χ4v) is 1.95. The second-order valence-electron chi connectivity index (χ2n) is 4.45. The Bertz CT molecular complexity index is 731. The third kappa shape index (κ3) is 3.29. The minimum Gasteiger partial charge on any atom is -0.398 e. The smallest absolute Gasteiger partial charge is 0.269 e. The molecule has 2 aromatic carbocycles. The number of nitrogen functional groups attached to an aromatic ring is 1. The molecule has 108 valence electrons. The summed E-state index contributed by atoms with van der Waals surface area (Å²) in [5.74, 6) is -0.367. The Morgan fingerprint density at radius 3 is 2.57 bits per heavy atom. The minimum atomic E-state index is -0.488. The molecule has 6 nitrogen and oxygen atoms in total. The van der Waals surface area contributed by atoms with Gasteiger partial charge in [0.15, 0.2) is 0 Å². The normalized spacial score (nSPS) is 10.2. The third-order valence-electron chi connectivity index (χ3n) is 2.93. The first kappa shape index (κ1) is 14.8. The molecule has 0 aliphatic rings. The van der Waals surface area contributed by atoms with Gasteiger partial charge >= 0.3 is 0 Å². The maximum atomic E-state index is 12.1. The molecule has 0 fully saturated rings. The van der Waals surface area contributed by atoms with Gasteiger partial charge in [-0.05, 0) is 36.8 Å². The lowest BCUT2D eigenvalue weighted by Gasteiger charge is -2.09. The minimum absolute atomic E-state index is 0.0268. The maximum absolute atomic E-state index is 12.1. The highest BCUT2D eigenvalue weighted by Crippen LogP contribution is 2.23. The van der Waals surface area contributed by atoms with Crippen LogP contribution in [0.2, 0.25) is 5.02 Å². The molecule has 0 saturated heterocycles. The van der Waals surface area contributed by atoms with E-state index in [2.05, 4.69) is 5.32 Å². The van der Waals surface area contributed by atoms with Gasteiger partial charge in [-0.25, -0.2) is 0 Å². The number of nitro benzene ring substituents is 1. The number of rotatable bonds is 3. The van der Waals surface area contributed by atoms with Crippen LogP contribution in [-0.2, 0) is 0 Å². The van der Waals surface area contributed by atoms with Gasteiger partial charge in [0.25, 0.3) is 11.6 Å². The van der Waals surface area contributed by atoms with E-state index in [-0.39, 0.29) is 11.6 Å². The second kappa shape index (κ2) is 5.80. The summed E-state index contributed by atoms with van der Waals surface area (Å²) in [5.41, 5.74) is 7.39. The van der Waals surface area contributed by atoms with Crippen LogP contribution in [0.3, 0.4) is 0 Å². The number of halogens is 1. The summed E-state index contributed by atoms with van der Waals surface area (Å²) in [6.45, 7) is 1.68. The Morgan fingerprint density at radius 2 is 2.00 bits per heavy atom. The lowest BCUT2D eigenvalue weighted by molar-refractivity contribution is -0.384. The van der Waals surface area contributed by atoms with Crippen LogP contribution in [0.5, 0.6) is 0 Å². The van der Waals surface area contributed by atoms with E-state index in [1.165, 1.54) is 24.3 Å². The van der Waals surface area contributed by atoms with Crippen molar-refractivity contribution in [3.8, 4) is 0 Å². The molecule has 0 spiro atoms. The Kier molecular flexibility index (Phi) is 4.09. The predicted molar refractivity (Wildman–Crippen MR) is 81.7 cm³/mol. The summed E-state index contributed by atoms with van der Waals surface area (Å²) in [5, 5.41) is 13.6. The maximum Gasteiger partial charge on any atom is 0.269 e. The van der Waals surface area contributed by atoms with E-state index < -0.39 is 4.92 Å². The van der Waals surface area contributed by atoms with Crippen LogP contribution in [0.25, 0.3) is 0 Å². The van der Waals surface area contributed by atoms with Crippen LogP contribution in [0.1, 0.15) is 15.9 Å². The third-order valence-corrected chi connectivity index (χ3v) is 3.26. The van der Waals surface area contributed by atoms with Crippen LogP contribution in [0, 0.1) is 17.0 Å². The Hall–Kier alpha value is -2.60. The molecule has 2 rings (SSSR count). The van der Waals surface area contributed by atoms with Crippen molar-refractivity contribution in [2.45, 2.75) is 6.92 Å². The summed E-state index contributed by atoms with van der Waals surface area (Å²) in [6, 6.07) is 8.78. The zero-order chi connectivity index (χ0) is 15.6. The molecule has 21 heavy (non-hydrogen) atoms. The SMILES string of the molecule is Cc1cc([N+](=O)[O-])ccc1NC(=O)c1ccc(N)c(Cl)c1. The number of hydrogen-bond acceptors (Lipinski definition) is 4. The van der Waals surface area contributed by atoms with Gasteiger partial charge in [0.2, 0.25) is 0 Å². The van der Waals surface area contributed by atoms with Crippen molar-refractivity contribution in [1.82, 2.24) is 0 Å². The average Bonchev–Trinajstić information content (AvgIpc) is 2.43. The first-order valence-corrected chi connectivity index (χ1v) is 6.37. The lowest BCUT2D eigenvalue weighted by Crippen LogP contribution is -2.13. The zero-order valence-corrected chi connectivity index (χ0v) is 11.8. The van der Waals surface area contributed by atoms with Gasteiger partial charge < -0.3 is 11.1 Å². The van der Waals surface area contributed by atoms with Crippen molar-refractivity contribution in [2.75, 3.05) is 11.1 Å². The van der Waals surface area contributed by atoms with E-state index in [1.807, 2.05) is 0 Å². The fourth-order valence-electron chi connectivity index (χ4n) is 1.76. The molecule has 0 heterocycles. The first-order chi connectivity index (χ1) is 9.88. The number of non-ortho nitro benzene ring substituents is 1. The van der Waals surface area contributed by atoms with Crippen molar-refractivity contribution in [3.05, 3.63) is 62.7 Å². The molecule has 0 aromatic heterocycles. The van der Waals surface area contributed by atoms with Gasteiger partial charge in [-0.3, -0.25) is 14.9 Å². The highest BCUT2D eigenvalue weighted by molar-refractivity contribution is 6.33. The molecule has 0 bridgehead atoms. The topological polar surface area (TPSA) is 98.3 Å². The molecular weight excluding hydrogens is 294 g/mol. The van der Waals surface area contributed by atoms with Gasteiger partial charge in [-0.1, -0.05) is 11.6 Å². The number of hydrogen-bond donors (Lipinski definition) is 2. The van der Waals surface area contributed by atoms with Crippen molar-refractivity contribution < 1.29 is 9.72 Å². The van der Waals surface area contributed by atoms with Crippen LogP contribution in [0.15, 0.2) is 36.4 Å². The second-order valence-corrected chi connectivity index (χ2v) is 4.85. The Labute approximate surface area is 125 Å². The van der Waals surface area contributed by atoms with Crippen molar-refractivity contribution in [2.24, 2.45) is 0 Å². The number of nitrogens with one attached hydrogen (secondary N) is 1. The molecule has 0 unspecified atom stereocenters. The fraction of sp³-hybridized carbons (Fsp3) is 0.0714. The summed E-state index contributed by atoms with van der Waals surface area (Å²) in [6.07, 6.45) is 0. The Morgan fingerprint density at radius 1 is 1.29 bits per heavy atom.